The van der Waals surface area contributed by atoms with Crippen LogP contribution in [0.3, 0.4) is 0 Å². The van der Waals surface area contributed by atoms with E-state index >= 15 is 0 Å². The normalized spacial score (nSPS) is 23.5. The van der Waals surface area contributed by atoms with Crippen molar-refractivity contribution >= 4 is 28.0 Å². The summed E-state index contributed by atoms with van der Waals surface area (Å²) in [5, 5.41) is 0. The molecule has 0 aromatic heterocycles. The molecule has 3 fully saturated rings. The van der Waals surface area contributed by atoms with Gasteiger partial charge < -0.3 is 7.43 Å². The van der Waals surface area contributed by atoms with E-state index < -0.39 is 0 Å². The first-order chi connectivity index (χ1) is 11.3. The molecular formula is C20H39Cl2CrP+. The fraction of sp³-hybridized carbons (Fsp3) is 0.950. The molecule has 0 aliphatic heterocycles. The van der Waals surface area contributed by atoms with E-state index in [0.717, 1.165) is 5.92 Å². The molecule has 0 N–H and O–H groups in total. The first-order valence-corrected chi connectivity index (χ1v) is 15.5. The Balaban J connectivity index is 0.000000671. The molecule has 4 heteroatoms. The van der Waals surface area contributed by atoms with Gasteiger partial charge in [0.2, 0.25) is 0 Å². The van der Waals surface area contributed by atoms with Gasteiger partial charge in [0.05, 0.1) is 17.5 Å². The van der Waals surface area contributed by atoms with E-state index in [1.807, 2.05) is 0 Å². The van der Waals surface area contributed by atoms with Crippen LogP contribution in [0.1, 0.15) is 96.3 Å². The van der Waals surface area contributed by atoms with Crippen LogP contribution in [0.4, 0.5) is 0 Å². The zero-order valence-corrected chi connectivity index (χ0v) is 19.5. The van der Waals surface area contributed by atoms with E-state index in [1.165, 1.54) is 11.3 Å². The molecule has 143 valence electrons. The Morgan fingerprint density at radius 2 is 1.04 bits per heavy atom. The summed E-state index contributed by atoms with van der Waals surface area (Å²) in [5.74, 6) is 1.14. The van der Waals surface area contributed by atoms with Gasteiger partial charge in [-0.2, -0.15) is 0 Å². The molecule has 3 rings (SSSR count). The molecule has 0 radical (unpaired) electrons. The van der Waals surface area contributed by atoms with Crippen LogP contribution in [-0.4, -0.2) is 17.5 Å². The third-order valence-corrected chi connectivity index (χ3v) is 10.7. The second kappa shape index (κ2) is 14.6. The number of hydrogen-bond donors (Lipinski definition) is 0. The van der Waals surface area contributed by atoms with E-state index in [0.29, 0.717) is 0 Å². The van der Waals surface area contributed by atoms with Crippen LogP contribution in [0.5, 0.6) is 0 Å². The van der Waals surface area contributed by atoms with Crippen LogP contribution >= 0.6 is 28.0 Å². The van der Waals surface area contributed by atoms with Crippen LogP contribution in [0.25, 0.3) is 0 Å². The van der Waals surface area contributed by atoms with Gasteiger partial charge in [-0.05, 0) is 63.7 Å². The summed E-state index contributed by atoms with van der Waals surface area (Å²) in [6.07, 6.45) is 25.4. The molecule has 0 unspecified atom stereocenters. The quantitative estimate of drug-likeness (QED) is 0.302. The Morgan fingerprint density at radius 1 is 0.667 bits per heavy atom. The van der Waals surface area contributed by atoms with Crippen molar-refractivity contribution in [2.24, 2.45) is 5.92 Å². The SMILES string of the molecule is C1CCC([PH+](CCC2CCCC2)C2CCCCC2)CC1.[CH3-].[Cl][Cr+][Cl]. The summed E-state index contributed by atoms with van der Waals surface area (Å²) in [5.41, 5.74) is 2.44. The van der Waals surface area contributed by atoms with Gasteiger partial charge in [-0.25, -0.2) is 0 Å². The predicted molar refractivity (Wildman–Crippen MR) is 112 cm³/mol. The molecule has 0 aromatic rings. The standard InChI is InChI=1S/C19H35P.CH3.2ClH.Cr/c1-3-11-18(12-4-1)20(19-13-5-2-6-14-19)16-15-17-9-7-8-10-17;;;;/h17-19H,1-16H2;1H3;2*1H;/q;-1;;;+3/p-1. The van der Waals surface area contributed by atoms with Crippen molar-refractivity contribution in [2.45, 2.75) is 108 Å². The molecule has 0 atom stereocenters. The van der Waals surface area contributed by atoms with Gasteiger partial charge in [-0.3, -0.25) is 0 Å². The Kier molecular flexibility index (Phi) is 14.3. The van der Waals surface area contributed by atoms with Crippen LogP contribution in [0, 0.1) is 13.3 Å². The van der Waals surface area contributed by atoms with Crippen molar-refractivity contribution in [3.63, 3.8) is 0 Å². The van der Waals surface area contributed by atoms with E-state index in [-0.39, 0.29) is 28.7 Å². The minimum atomic E-state index is -0.181. The Labute approximate surface area is 168 Å². The summed E-state index contributed by atoms with van der Waals surface area (Å²) in [4.78, 5) is 0. The third-order valence-electron chi connectivity index (χ3n) is 6.58. The fourth-order valence-corrected chi connectivity index (χ4v) is 9.88. The van der Waals surface area contributed by atoms with Crippen LogP contribution in [0.15, 0.2) is 0 Å². The van der Waals surface area contributed by atoms with E-state index in [2.05, 4.69) is 0 Å². The van der Waals surface area contributed by atoms with Crippen molar-refractivity contribution in [1.82, 2.24) is 0 Å². The molecule has 0 spiro atoms. The van der Waals surface area contributed by atoms with Crippen molar-refractivity contribution in [3.8, 4) is 0 Å². The van der Waals surface area contributed by atoms with Gasteiger partial charge in [0.25, 0.3) is 0 Å². The maximum atomic E-state index is 4.83. The maximum absolute atomic E-state index is 4.83. The van der Waals surface area contributed by atoms with E-state index in [4.69, 9.17) is 20.1 Å². The average molecular weight is 433 g/mol. The van der Waals surface area contributed by atoms with Crippen molar-refractivity contribution < 1.29 is 13.4 Å². The molecule has 0 heterocycles. The van der Waals surface area contributed by atoms with Gasteiger partial charge in [-0.1, -0.05) is 38.5 Å². The topological polar surface area (TPSA) is 0 Å². The first-order valence-electron chi connectivity index (χ1n) is 10.1. The molecule has 3 aliphatic carbocycles. The van der Waals surface area contributed by atoms with Crippen LogP contribution < -0.4 is 0 Å². The monoisotopic (exact) mass is 432 g/mol. The summed E-state index contributed by atoms with van der Waals surface area (Å²) in [6.45, 7) is 0. The van der Waals surface area contributed by atoms with Crippen LogP contribution in [0.2, 0.25) is 0 Å². The van der Waals surface area contributed by atoms with Crippen molar-refractivity contribution in [2.75, 3.05) is 6.16 Å². The molecule has 24 heavy (non-hydrogen) atoms. The summed E-state index contributed by atoms with van der Waals surface area (Å²) in [6, 6.07) is 0. The molecule has 3 saturated carbocycles. The third kappa shape index (κ3) is 8.49. The van der Waals surface area contributed by atoms with E-state index in [9.17, 15) is 0 Å². The molecule has 0 nitrogen and oxygen atoms in total. The Hall–Kier alpha value is 1.54. The second-order valence-electron chi connectivity index (χ2n) is 7.99. The number of hydrogen-bond acceptors (Lipinski definition) is 0. The van der Waals surface area contributed by atoms with Gasteiger partial charge in [-0.15, -0.1) is 0 Å². The van der Waals surface area contributed by atoms with Gasteiger partial charge in [0.15, 0.2) is 0 Å². The predicted octanol–water partition coefficient (Wildman–Crippen LogP) is 8.27. The molecule has 0 aromatic carbocycles. The Bertz CT molecular complexity index is 267. The van der Waals surface area contributed by atoms with E-state index in [1.54, 1.807) is 102 Å². The second-order valence-corrected chi connectivity index (χ2v) is 13.4. The summed E-state index contributed by atoms with van der Waals surface area (Å²) in [7, 11) is 9.62. The van der Waals surface area contributed by atoms with Gasteiger partial charge >= 0.3 is 33.5 Å². The average Bonchev–Trinajstić information content (AvgIpc) is 3.11. The Morgan fingerprint density at radius 3 is 1.46 bits per heavy atom. The van der Waals surface area contributed by atoms with Gasteiger partial charge in [0.1, 0.15) is 0 Å². The van der Waals surface area contributed by atoms with Gasteiger partial charge in [0, 0.05) is 7.92 Å². The fourth-order valence-electron chi connectivity index (χ4n) is 5.36. The number of rotatable bonds is 5. The minimum absolute atomic E-state index is 0. The zero-order chi connectivity index (χ0) is 16.3. The summed E-state index contributed by atoms with van der Waals surface area (Å²) < 4.78 is 0. The number of halogens is 2. The van der Waals surface area contributed by atoms with Crippen LogP contribution in [-0.2, 0) is 13.4 Å². The zero-order valence-electron chi connectivity index (χ0n) is 15.7. The molecule has 0 amide bonds. The van der Waals surface area contributed by atoms with Crippen molar-refractivity contribution in [1.29, 1.82) is 0 Å². The molecule has 0 saturated heterocycles. The first kappa shape index (κ1) is 23.6. The molecular weight excluding hydrogens is 394 g/mol. The molecule has 0 bridgehead atoms. The van der Waals surface area contributed by atoms with Crippen molar-refractivity contribution in [3.05, 3.63) is 7.43 Å². The molecule has 3 aliphatic rings. The summed E-state index contributed by atoms with van der Waals surface area (Å²) >= 11 is -0.181.